The van der Waals surface area contributed by atoms with Crippen molar-refractivity contribution in [2.75, 3.05) is 13.2 Å². The van der Waals surface area contributed by atoms with Crippen LogP contribution in [-0.4, -0.2) is 24.4 Å². The van der Waals surface area contributed by atoms with E-state index in [0.29, 0.717) is 17.8 Å². The zero-order valence-corrected chi connectivity index (χ0v) is 8.29. The minimum atomic E-state index is -0.198. The number of aliphatic hydroxyl groups excluding tert-OH is 1. The van der Waals surface area contributed by atoms with Crippen molar-refractivity contribution in [1.29, 1.82) is 0 Å². The highest BCUT2D eigenvalue weighted by atomic mass is 16.5. The molecule has 0 aromatic rings. The second kappa shape index (κ2) is 4.24. The van der Waals surface area contributed by atoms with E-state index < -0.39 is 0 Å². The van der Waals surface area contributed by atoms with E-state index in [9.17, 15) is 5.11 Å². The molecule has 0 amide bonds. The van der Waals surface area contributed by atoms with Gasteiger partial charge in [-0.1, -0.05) is 13.8 Å². The monoisotopic (exact) mass is 172 g/mol. The molecule has 2 heteroatoms. The van der Waals surface area contributed by atoms with Gasteiger partial charge in [-0.05, 0) is 31.1 Å². The van der Waals surface area contributed by atoms with E-state index in [-0.39, 0.29) is 6.10 Å². The fourth-order valence-electron chi connectivity index (χ4n) is 2.35. The predicted octanol–water partition coefficient (Wildman–Crippen LogP) is 1.68. The minimum absolute atomic E-state index is 0.198. The van der Waals surface area contributed by atoms with Crippen LogP contribution in [0.2, 0.25) is 0 Å². The summed E-state index contributed by atoms with van der Waals surface area (Å²) in [6.07, 6.45) is 0.921. The van der Waals surface area contributed by atoms with E-state index in [1.165, 1.54) is 0 Å². The highest BCUT2D eigenvalue weighted by Gasteiger charge is 2.31. The van der Waals surface area contributed by atoms with Crippen LogP contribution in [-0.2, 0) is 4.74 Å². The van der Waals surface area contributed by atoms with Crippen molar-refractivity contribution in [3.63, 3.8) is 0 Å². The van der Waals surface area contributed by atoms with Gasteiger partial charge in [-0.15, -0.1) is 0 Å². The Labute approximate surface area is 74.9 Å². The summed E-state index contributed by atoms with van der Waals surface area (Å²) in [5.41, 5.74) is 0. The van der Waals surface area contributed by atoms with Crippen molar-refractivity contribution in [3.05, 3.63) is 0 Å². The van der Waals surface area contributed by atoms with Gasteiger partial charge in [-0.2, -0.15) is 0 Å². The van der Waals surface area contributed by atoms with Gasteiger partial charge in [-0.3, -0.25) is 0 Å². The molecule has 0 radical (unpaired) electrons. The lowest BCUT2D eigenvalue weighted by molar-refractivity contribution is 0.0505. The van der Waals surface area contributed by atoms with Crippen molar-refractivity contribution in [2.24, 2.45) is 17.8 Å². The molecule has 1 aliphatic heterocycles. The van der Waals surface area contributed by atoms with E-state index in [1.807, 2.05) is 6.92 Å². The second-order valence-corrected chi connectivity index (χ2v) is 4.19. The Morgan fingerprint density at radius 1 is 1.33 bits per heavy atom. The third-order valence-corrected chi connectivity index (χ3v) is 2.84. The fraction of sp³-hybridized carbons (Fsp3) is 1.00. The van der Waals surface area contributed by atoms with Crippen LogP contribution in [0.5, 0.6) is 0 Å². The standard InChI is InChI=1S/C10H20O2/c1-7(2)10(8(3)11)9-4-5-12-6-9/h7-11H,4-6H2,1-3H3. The maximum absolute atomic E-state index is 9.59. The average Bonchev–Trinajstić information content (AvgIpc) is 2.37. The maximum atomic E-state index is 9.59. The van der Waals surface area contributed by atoms with Crippen LogP contribution in [0.3, 0.4) is 0 Å². The van der Waals surface area contributed by atoms with Gasteiger partial charge in [0.05, 0.1) is 6.10 Å². The topological polar surface area (TPSA) is 29.5 Å². The molecule has 0 bridgehead atoms. The molecule has 1 N–H and O–H groups in total. The Balaban J connectivity index is 2.52. The predicted molar refractivity (Wildman–Crippen MR) is 48.9 cm³/mol. The van der Waals surface area contributed by atoms with E-state index >= 15 is 0 Å². The number of aliphatic hydroxyl groups is 1. The molecule has 0 aliphatic carbocycles. The molecular weight excluding hydrogens is 152 g/mol. The molecule has 0 aromatic heterocycles. The second-order valence-electron chi connectivity index (χ2n) is 4.19. The molecule has 72 valence electrons. The van der Waals surface area contributed by atoms with E-state index in [4.69, 9.17) is 4.74 Å². The van der Waals surface area contributed by atoms with Crippen molar-refractivity contribution in [1.82, 2.24) is 0 Å². The first-order chi connectivity index (χ1) is 5.63. The van der Waals surface area contributed by atoms with E-state index in [1.54, 1.807) is 0 Å². The Bertz CT molecular complexity index is 118. The number of rotatable bonds is 3. The van der Waals surface area contributed by atoms with Gasteiger partial charge in [0.1, 0.15) is 0 Å². The number of hydrogen-bond acceptors (Lipinski definition) is 2. The molecule has 1 heterocycles. The van der Waals surface area contributed by atoms with Crippen molar-refractivity contribution in [2.45, 2.75) is 33.3 Å². The van der Waals surface area contributed by atoms with Crippen LogP contribution < -0.4 is 0 Å². The summed E-state index contributed by atoms with van der Waals surface area (Å²) in [7, 11) is 0. The quantitative estimate of drug-likeness (QED) is 0.701. The zero-order chi connectivity index (χ0) is 9.14. The van der Waals surface area contributed by atoms with E-state index in [0.717, 1.165) is 19.6 Å². The average molecular weight is 172 g/mol. The maximum Gasteiger partial charge on any atom is 0.0546 e. The highest BCUT2D eigenvalue weighted by Crippen LogP contribution is 2.30. The van der Waals surface area contributed by atoms with Crippen molar-refractivity contribution in [3.8, 4) is 0 Å². The molecule has 0 saturated carbocycles. The number of ether oxygens (including phenoxy) is 1. The van der Waals surface area contributed by atoms with Gasteiger partial charge in [0.2, 0.25) is 0 Å². The normalized spacial score (nSPS) is 29.2. The first kappa shape index (κ1) is 10.0. The summed E-state index contributed by atoms with van der Waals surface area (Å²) in [5, 5.41) is 9.59. The Morgan fingerprint density at radius 3 is 2.33 bits per heavy atom. The van der Waals surface area contributed by atoms with Crippen LogP contribution >= 0.6 is 0 Å². The molecule has 1 fully saturated rings. The Morgan fingerprint density at radius 2 is 2.00 bits per heavy atom. The van der Waals surface area contributed by atoms with Crippen LogP contribution in [0.1, 0.15) is 27.2 Å². The summed E-state index contributed by atoms with van der Waals surface area (Å²) in [4.78, 5) is 0. The molecule has 1 aliphatic rings. The molecule has 1 rings (SSSR count). The third kappa shape index (κ3) is 2.20. The van der Waals surface area contributed by atoms with Gasteiger partial charge < -0.3 is 9.84 Å². The summed E-state index contributed by atoms with van der Waals surface area (Å²) >= 11 is 0. The lowest BCUT2D eigenvalue weighted by Crippen LogP contribution is -2.30. The molecule has 1 saturated heterocycles. The van der Waals surface area contributed by atoms with Crippen LogP contribution in [0.15, 0.2) is 0 Å². The molecular formula is C10H20O2. The smallest absolute Gasteiger partial charge is 0.0546 e. The first-order valence-electron chi connectivity index (χ1n) is 4.88. The molecule has 2 nitrogen and oxygen atoms in total. The van der Waals surface area contributed by atoms with Gasteiger partial charge >= 0.3 is 0 Å². The molecule has 3 atom stereocenters. The summed E-state index contributed by atoms with van der Waals surface area (Å²) < 4.78 is 5.33. The van der Waals surface area contributed by atoms with Gasteiger partial charge in [0.15, 0.2) is 0 Å². The van der Waals surface area contributed by atoms with Crippen LogP contribution in [0, 0.1) is 17.8 Å². The summed E-state index contributed by atoms with van der Waals surface area (Å²) in [5.74, 6) is 1.54. The van der Waals surface area contributed by atoms with Crippen LogP contribution in [0.25, 0.3) is 0 Å². The van der Waals surface area contributed by atoms with Gasteiger partial charge in [0.25, 0.3) is 0 Å². The minimum Gasteiger partial charge on any atom is -0.393 e. The SMILES string of the molecule is CC(C)C(C(C)O)C1CCOC1. The summed E-state index contributed by atoms with van der Waals surface area (Å²) in [6, 6.07) is 0. The lowest BCUT2D eigenvalue weighted by atomic mass is 9.79. The third-order valence-electron chi connectivity index (χ3n) is 2.84. The lowest BCUT2D eigenvalue weighted by Gasteiger charge is -2.28. The van der Waals surface area contributed by atoms with Crippen molar-refractivity contribution < 1.29 is 9.84 Å². The van der Waals surface area contributed by atoms with Gasteiger partial charge in [-0.25, -0.2) is 0 Å². The molecule has 0 aromatic carbocycles. The number of hydrogen-bond donors (Lipinski definition) is 1. The first-order valence-corrected chi connectivity index (χ1v) is 4.88. The van der Waals surface area contributed by atoms with Crippen molar-refractivity contribution >= 4 is 0 Å². The Kier molecular flexibility index (Phi) is 3.53. The largest absolute Gasteiger partial charge is 0.393 e. The summed E-state index contributed by atoms with van der Waals surface area (Å²) in [6.45, 7) is 7.96. The Hall–Kier alpha value is -0.0800. The molecule has 3 unspecified atom stereocenters. The van der Waals surface area contributed by atoms with Crippen LogP contribution in [0.4, 0.5) is 0 Å². The molecule has 0 spiro atoms. The van der Waals surface area contributed by atoms with Gasteiger partial charge in [0, 0.05) is 13.2 Å². The molecule has 12 heavy (non-hydrogen) atoms. The fourth-order valence-corrected chi connectivity index (χ4v) is 2.35. The van der Waals surface area contributed by atoms with E-state index in [2.05, 4.69) is 13.8 Å². The highest BCUT2D eigenvalue weighted by molar-refractivity contribution is 4.79. The zero-order valence-electron chi connectivity index (χ0n) is 8.29.